The Balaban J connectivity index is 1.43. The summed E-state index contributed by atoms with van der Waals surface area (Å²) in [7, 11) is 0. The van der Waals surface area contributed by atoms with E-state index in [0.717, 1.165) is 25.6 Å². The molecule has 0 aliphatic rings. The van der Waals surface area contributed by atoms with Crippen LogP contribution in [0.3, 0.4) is 0 Å². The molecule has 0 unspecified atom stereocenters. The van der Waals surface area contributed by atoms with Gasteiger partial charge >= 0.3 is 0 Å². The Morgan fingerprint density at radius 2 is 1.50 bits per heavy atom. The minimum Gasteiger partial charge on any atom is -0.381 e. The van der Waals surface area contributed by atoms with Gasteiger partial charge in [0.1, 0.15) is 5.82 Å². The third-order valence-corrected chi connectivity index (χ3v) is 4.82. The highest BCUT2D eigenvalue weighted by molar-refractivity contribution is 5.91. The zero-order valence-corrected chi connectivity index (χ0v) is 16.5. The molecular weight excluding hydrogens is 320 g/mol. The molecule has 2 aromatic rings. The average Bonchev–Trinajstić information content (AvgIpc) is 2.68. The maximum absolute atomic E-state index is 5.69. The molecule has 0 radical (unpaired) electrons. The predicted octanol–water partition coefficient (Wildman–Crippen LogP) is 6.58. The quantitative estimate of drug-likeness (QED) is 0.366. The Hall–Kier alpha value is -1.61. The highest BCUT2D eigenvalue weighted by atomic mass is 16.5. The number of aromatic nitrogens is 1. The van der Waals surface area contributed by atoms with Crippen molar-refractivity contribution in [3.05, 3.63) is 36.5 Å². The first-order valence-electron chi connectivity index (χ1n) is 10.6. The SMILES string of the molecule is CCCCCCOCCCCCCCCNc1nccc2ccccc12. The van der Waals surface area contributed by atoms with Crippen LogP contribution in [-0.2, 0) is 4.74 Å². The molecule has 0 fully saturated rings. The van der Waals surface area contributed by atoms with Crippen molar-refractivity contribution in [2.75, 3.05) is 25.1 Å². The van der Waals surface area contributed by atoms with Crippen LogP contribution in [0, 0.1) is 0 Å². The maximum Gasteiger partial charge on any atom is 0.133 e. The molecule has 2 rings (SSSR count). The Morgan fingerprint density at radius 1 is 0.808 bits per heavy atom. The normalized spacial score (nSPS) is 11.1. The van der Waals surface area contributed by atoms with E-state index in [4.69, 9.17) is 4.74 Å². The minimum absolute atomic E-state index is 0.945. The van der Waals surface area contributed by atoms with Gasteiger partial charge in [0.2, 0.25) is 0 Å². The van der Waals surface area contributed by atoms with Gasteiger partial charge in [0, 0.05) is 31.3 Å². The fraction of sp³-hybridized carbons (Fsp3) is 0.609. The highest BCUT2D eigenvalue weighted by Crippen LogP contribution is 2.20. The lowest BCUT2D eigenvalue weighted by Crippen LogP contribution is -2.03. The van der Waals surface area contributed by atoms with Crippen LogP contribution in [-0.4, -0.2) is 24.7 Å². The van der Waals surface area contributed by atoms with Gasteiger partial charge in [0.15, 0.2) is 0 Å². The van der Waals surface area contributed by atoms with Gasteiger partial charge in [-0.05, 0) is 30.7 Å². The van der Waals surface area contributed by atoms with Crippen LogP contribution in [0.15, 0.2) is 36.5 Å². The second-order valence-corrected chi connectivity index (χ2v) is 7.10. The molecular formula is C23H36N2O. The van der Waals surface area contributed by atoms with E-state index in [1.807, 2.05) is 6.20 Å². The van der Waals surface area contributed by atoms with Gasteiger partial charge in [-0.2, -0.15) is 0 Å². The monoisotopic (exact) mass is 356 g/mol. The highest BCUT2D eigenvalue weighted by Gasteiger charge is 2.00. The number of unbranched alkanes of at least 4 members (excludes halogenated alkanes) is 8. The van der Waals surface area contributed by atoms with E-state index in [1.54, 1.807) is 0 Å². The predicted molar refractivity (Wildman–Crippen MR) is 113 cm³/mol. The molecule has 0 spiro atoms. The summed E-state index contributed by atoms with van der Waals surface area (Å²) in [5.74, 6) is 1.01. The third kappa shape index (κ3) is 8.18. The molecule has 3 heteroatoms. The smallest absolute Gasteiger partial charge is 0.133 e. The van der Waals surface area contributed by atoms with E-state index in [0.29, 0.717) is 0 Å². The van der Waals surface area contributed by atoms with Gasteiger partial charge in [-0.25, -0.2) is 4.98 Å². The summed E-state index contributed by atoms with van der Waals surface area (Å²) >= 11 is 0. The zero-order valence-electron chi connectivity index (χ0n) is 16.5. The Morgan fingerprint density at radius 3 is 2.31 bits per heavy atom. The molecule has 1 aromatic carbocycles. The molecule has 0 atom stereocenters. The van der Waals surface area contributed by atoms with Gasteiger partial charge < -0.3 is 10.1 Å². The lowest BCUT2D eigenvalue weighted by Gasteiger charge is -2.08. The molecule has 0 aliphatic carbocycles. The van der Waals surface area contributed by atoms with Gasteiger partial charge in [0.25, 0.3) is 0 Å². The number of nitrogens with zero attached hydrogens (tertiary/aromatic N) is 1. The van der Waals surface area contributed by atoms with Crippen molar-refractivity contribution in [1.82, 2.24) is 4.98 Å². The molecule has 1 heterocycles. The van der Waals surface area contributed by atoms with Gasteiger partial charge in [-0.15, -0.1) is 0 Å². The summed E-state index contributed by atoms with van der Waals surface area (Å²) in [5, 5.41) is 5.96. The molecule has 1 N–H and O–H groups in total. The number of rotatable bonds is 15. The van der Waals surface area contributed by atoms with E-state index in [9.17, 15) is 0 Å². The molecule has 1 aromatic heterocycles. The van der Waals surface area contributed by atoms with E-state index in [-0.39, 0.29) is 0 Å². The van der Waals surface area contributed by atoms with Crippen LogP contribution in [0.4, 0.5) is 5.82 Å². The Bertz CT molecular complexity index is 594. The summed E-state index contributed by atoms with van der Waals surface area (Å²) in [5.41, 5.74) is 0. The molecule has 0 saturated heterocycles. The first kappa shape index (κ1) is 20.7. The van der Waals surface area contributed by atoms with Crippen LogP contribution in [0.1, 0.15) is 71.1 Å². The molecule has 0 saturated carbocycles. The van der Waals surface area contributed by atoms with Crippen LogP contribution < -0.4 is 5.32 Å². The third-order valence-electron chi connectivity index (χ3n) is 4.82. The van der Waals surface area contributed by atoms with Crippen molar-refractivity contribution >= 4 is 16.6 Å². The largest absolute Gasteiger partial charge is 0.381 e. The van der Waals surface area contributed by atoms with Crippen LogP contribution >= 0.6 is 0 Å². The minimum atomic E-state index is 0.945. The lowest BCUT2D eigenvalue weighted by molar-refractivity contribution is 0.126. The number of hydrogen-bond acceptors (Lipinski definition) is 3. The Labute approximate surface area is 159 Å². The first-order valence-corrected chi connectivity index (χ1v) is 10.6. The number of fused-ring (bicyclic) bond motifs is 1. The second-order valence-electron chi connectivity index (χ2n) is 7.10. The van der Waals surface area contributed by atoms with Gasteiger partial charge in [0.05, 0.1) is 0 Å². The molecule has 144 valence electrons. The molecule has 0 amide bonds. The molecule has 26 heavy (non-hydrogen) atoms. The van der Waals surface area contributed by atoms with Gasteiger partial charge in [-0.3, -0.25) is 0 Å². The average molecular weight is 357 g/mol. The number of benzene rings is 1. The summed E-state index contributed by atoms with van der Waals surface area (Å²) in [6, 6.07) is 10.5. The summed E-state index contributed by atoms with van der Waals surface area (Å²) in [6.45, 7) is 5.15. The van der Waals surface area contributed by atoms with Crippen molar-refractivity contribution in [2.45, 2.75) is 71.1 Å². The van der Waals surface area contributed by atoms with E-state index in [2.05, 4.69) is 47.6 Å². The fourth-order valence-electron chi connectivity index (χ4n) is 3.24. The topological polar surface area (TPSA) is 34.1 Å². The van der Waals surface area contributed by atoms with Crippen molar-refractivity contribution in [3.8, 4) is 0 Å². The number of hydrogen-bond donors (Lipinski definition) is 1. The van der Waals surface area contributed by atoms with Crippen molar-refractivity contribution < 1.29 is 4.74 Å². The number of ether oxygens (including phenoxy) is 1. The summed E-state index contributed by atoms with van der Waals surface area (Å²) < 4.78 is 5.69. The van der Waals surface area contributed by atoms with Crippen molar-refractivity contribution in [3.63, 3.8) is 0 Å². The van der Waals surface area contributed by atoms with Crippen molar-refractivity contribution in [1.29, 1.82) is 0 Å². The van der Waals surface area contributed by atoms with E-state index < -0.39 is 0 Å². The van der Waals surface area contributed by atoms with Gasteiger partial charge in [-0.1, -0.05) is 76.1 Å². The standard InChI is InChI=1S/C23H36N2O/c1-2-3-4-12-19-26-20-13-8-6-5-7-11-17-24-23-22-15-10-9-14-21(22)16-18-25-23/h9-10,14-16,18H,2-8,11-13,17,19-20H2,1H3,(H,24,25). The van der Waals surface area contributed by atoms with Crippen molar-refractivity contribution in [2.24, 2.45) is 0 Å². The lowest BCUT2D eigenvalue weighted by atomic mass is 10.1. The van der Waals surface area contributed by atoms with Crippen LogP contribution in [0.5, 0.6) is 0 Å². The Kier molecular flexibility index (Phi) is 10.8. The first-order chi connectivity index (χ1) is 12.9. The van der Waals surface area contributed by atoms with Crippen LogP contribution in [0.25, 0.3) is 10.8 Å². The summed E-state index contributed by atoms with van der Waals surface area (Å²) in [4.78, 5) is 4.48. The van der Waals surface area contributed by atoms with E-state index in [1.165, 1.54) is 75.0 Å². The number of anilines is 1. The maximum atomic E-state index is 5.69. The second kappa shape index (κ2) is 13.6. The zero-order chi connectivity index (χ0) is 18.3. The van der Waals surface area contributed by atoms with E-state index >= 15 is 0 Å². The fourth-order valence-corrected chi connectivity index (χ4v) is 3.24. The summed E-state index contributed by atoms with van der Waals surface area (Å²) in [6.07, 6.45) is 14.7. The van der Waals surface area contributed by atoms with Crippen LogP contribution in [0.2, 0.25) is 0 Å². The molecule has 0 aliphatic heterocycles. The number of nitrogens with one attached hydrogen (secondary N) is 1. The molecule has 3 nitrogen and oxygen atoms in total. The molecule has 0 bridgehead atoms. The number of pyridine rings is 1.